The number of nitrogens with one attached hydrogen (secondary N) is 1. The highest BCUT2D eigenvalue weighted by Gasteiger charge is 2.25. The summed E-state index contributed by atoms with van der Waals surface area (Å²) in [6.45, 7) is 1.62. The zero-order valence-corrected chi connectivity index (χ0v) is 10.4. The van der Waals surface area contributed by atoms with Crippen LogP contribution in [0.2, 0.25) is 0 Å². The first-order valence-corrected chi connectivity index (χ1v) is 5.95. The minimum Gasteiger partial charge on any atom is -0.481 e. The van der Waals surface area contributed by atoms with E-state index in [9.17, 15) is 14.0 Å². The Labute approximate surface area is 109 Å². The Morgan fingerprint density at radius 3 is 2.68 bits per heavy atom. The van der Waals surface area contributed by atoms with Crippen molar-refractivity contribution in [3.8, 4) is 0 Å². The minimum atomic E-state index is -0.908. The molecule has 5 heteroatoms. The zero-order chi connectivity index (χ0) is 14.0. The Kier molecular flexibility index (Phi) is 3.64. The number of aryl methyl sites for hydroxylation is 1. The second kappa shape index (κ2) is 5.22. The SMILES string of the molecule is Cc1ccc(C(=O)NC2C=CC(C(=O)O)C2)cc1F. The minimum absolute atomic E-state index is 0.232. The van der Waals surface area contributed by atoms with Crippen molar-refractivity contribution in [2.45, 2.75) is 19.4 Å². The van der Waals surface area contributed by atoms with E-state index in [0.29, 0.717) is 12.0 Å². The Hall–Kier alpha value is -2.17. The summed E-state index contributed by atoms with van der Waals surface area (Å²) in [5, 5.41) is 11.5. The Morgan fingerprint density at radius 2 is 2.11 bits per heavy atom. The number of benzene rings is 1. The largest absolute Gasteiger partial charge is 0.481 e. The molecular formula is C14H14FNO3. The van der Waals surface area contributed by atoms with E-state index in [4.69, 9.17) is 5.11 Å². The van der Waals surface area contributed by atoms with Gasteiger partial charge in [-0.05, 0) is 31.0 Å². The predicted molar refractivity (Wildman–Crippen MR) is 67.3 cm³/mol. The highest BCUT2D eigenvalue weighted by atomic mass is 19.1. The Bertz CT molecular complexity index is 554. The second-order valence-electron chi connectivity index (χ2n) is 4.61. The molecule has 19 heavy (non-hydrogen) atoms. The van der Waals surface area contributed by atoms with Crippen molar-refractivity contribution in [3.05, 3.63) is 47.3 Å². The second-order valence-corrected chi connectivity index (χ2v) is 4.61. The van der Waals surface area contributed by atoms with Crippen LogP contribution in [0.15, 0.2) is 30.4 Å². The summed E-state index contributed by atoms with van der Waals surface area (Å²) in [6.07, 6.45) is 3.54. The van der Waals surface area contributed by atoms with Crippen LogP contribution in [0.5, 0.6) is 0 Å². The fourth-order valence-corrected chi connectivity index (χ4v) is 1.97. The zero-order valence-electron chi connectivity index (χ0n) is 10.4. The van der Waals surface area contributed by atoms with Crippen LogP contribution in [0, 0.1) is 18.7 Å². The summed E-state index contributed by atoms with van der Waals surface area (Å²) in [7, 11) is 0. The number of halogens is 1. The van der Waals surface area contributed by atoms with Gasteiger partial charge in [0.2, 0.25) is 0 Å². The van der Waals surface area contributed by atoms with Crippen molar-refractivity contribution in [1.29, 1.82) is 0 Å². The molecule has 2 N–H and O–H groups in total. The van der Waals surface area contributed by atoms with Gasteiger partial charge in [0.15, 0.2) is 0 Å². The average molecular weight is 263 g/mol. The van der Waals surface area contributed by atoms with Gasteiger partial charge in [0.05, 0.1) is 5.92 Å². The van der Waals surface area contributed by atoms with Crippen molar-refractivity contribution in [1.82, 2.24) is 5.32 Å². The quantitative estimate of drug-likeness (QED) is 0.818. The van der Waals surface area contributed by atoms with E-state index in [-0.39, 0.29) is 11.6 Å². The van der Waals surface area contributed by atoms with E-state index in [1.807, 2.05) is 0 Å². The Balaban J connectivity index is 2.00. The molecule has 0 saturated heterocycles. The lowest BCUT2D eigenvalue weighted by Gasteiger charge is -2.12. The normalized spacial score (nSPS) is 21.4. The molecule has 0 bridgehead atoms. The van der Waals surface area contributed by atoms with Gasteiger partial charge in [0, 0.05) is 11.6 Å². The molecule has 0 aromatic heterocycles. The molecular weight excluding hydrogens is 249 g/mol. The number of aliphatic carboxylic acids is 1. The predicted octanol–water partition coefficient (Wildman–Crippen LogP) is 1.89. The molecule has 0 aliphatic heterocycles. The monoisotopic (exact) mass is 263 g/mol. The van der Waals surface area contributed by atoms with E-state index in [1.165, 1.54) is 12.1 Å². The van der Waals surface area contributed by atoms with Gasteiger partial charge in [-0.25, -0.2) is 4.39 Å². The maximum absolute atomic E-state index is 13.3. The Morgan fingerprint density at radius 1 is 1.37 bits per heavy atom. The summed E-state index contributed by atoms with van der Waals surface area (Å²) >= 11 is 0. The van der Waals surface area contributed by atoms with Crippen LogP contribution in [0.3, 0.4) is 0 Å². The molecule has 1 amide bonds. The van der Waals surface area contributed by atoms with Gasteiger partial charge in [0.1, 0.15) is 5.82 Å². The molecule has 1 aliphatic rings. The first kappa shape index (κ1) is 13.3. The number of carboxylic acid groups (broad SMARTS) is 1. The van der Waals surface area contributed by atoms with E-state index in [0.717, 1.165) is 0 Å². The van der Waals surface area contributed by atoms with Crippen LogP contribution < -0.4 is 5.32 Å². The maximum atomic E-state index is 13.3. The third-order valence-electron chi connectivity index (χ3n) is 3.15. The lowest BCUT2D eigenvalue weighted by atomic mass is 10.1. The van der Waals surface area contributed by atoms with Crippen LogP contribution in [0.1, 0.15) is 22.3 Å². The first-order valence-electron chi connectivity index (χ1n) is 5.95. The number of carboxylic acids is 1. The standard InChI is InChI=1S/C14H14FNO3/c1-8-2-3-9(7-12(8)15)13(17)16-11-5-4-10(6-11)14(18)19/h2-5,7,10-11H,6H2,1H3,(H,16,17)(H,18,19). The van der Waals surface area contributed by atoms with Gasteiger partial charge in [-0.2, -0.15) is 0 Å². The van der Waals surface area contributed by atoms with Crippen molar-refractivity contribution in [2.75, 3.05) is 0 Å². The number of carbonyl (C=O) groups is 2. The van der Waals surface area contributed by atoms with Crippen LogP contribution >= 0.6 is 0 Å². The molecule has 0 heterocycles. The van der Waals surface area contributed by atoms with Crippen LogP contribution in [-0.4, -0.2) is 23.0 Å². The smallest absolute Gasteiger partial charge is 0.310 e. The summed E-state index contributed by atoms with van der Waals surface area (Å²) < 4.78 is 13.3. The fourth-order valence-electron chi connectivity index (χ4n) is 1.97. The molecule has 100 valence electrons. The fraction of sp³-hybridized carbons (Fsp3) is 0.286. The van der Waals surface area contributed by atoms with Crippen molar-refractivity contribution >= 4 is 11.9 Å². The summed E-state index contributed by atoms with van der Waals surface area (Å²) in [6, 6.07) is 3.94. The third kappa shape index (κ3) is 2.99. The first-order chi connectivity index (χ1) is 8.97. The molecule has 0 radical (unpaired) electrons. The van der Waals surface area contributed by atoms with Crippen LogP contribution in [0.25, 0.3) is 0 Å². The lowest BCUT2D eigenvalue weighted by Crippen LogP contribution is -2.33. The number of amides is 1. The van der Waals surface area contributed by atoms with Crippen LogP contribution in [0.4, 0.5) is 4.39 Å². The van der Waals surface area contributed by atoms with E-state index < -0.39 is 23.6 Å². The van der Waals surface area contributed by atoms with Crippen molar-refractivity contribution < 1.29 is 19.1 Å². The van der Waals surface area contributed by atoms with Gasteiger partial charge < -0.3 is 10.4 Å². The van der Waals surface area contributed by atoms with Gasteiger partial charge in [-0.1, -0.05) is 18.2 Å². The molecule has 0 saturated carbocycles. The topological polar surface area (TPSA) is 66.4 Å². The van der Waals surface area contributed by atoms with E-state index in [2.05, 4.69) is 5.32 Å². The molecule has 0 spiro atoms. The van der Waals surface area contributed by atoms with Crippen molar-refractivity contribution in [2.24, 2.45) is 5.92 Å². The van der Waals surface area contributed by atoms with E-state index in [1.54, 1.807) is 25.1 Å². The number of rotatable bonds is 3. The molecule has 1 aromatic rings. The number of hydrogen-bond acceptors (Lipinski definition) is 2. The highest BCUT2D eigenvalue weighted by Crippen LogP contribution is 2.18. The van der Waals surface area contributed by atoms with Gasteiger partial charge in [-0.3, -0.25) is 9.59 Å². The summed E-state index contributed by atoms with van der Waals surface area (Å²) in [5.74, 6) is -2.31. The molecule has 1 aromatic carbocycles. The van der Waals surface area contributed by atoms with E-state index >= 15 is 0 Å². The molecule has 0 fully saturated rings. The summed E-state index contributed by atoms with van der Waals surface area (Å²) in [5.41, 5.74) is 0.707. The van der Waals surface area contributed by atoms with Gasteiger partial charge >= 0.3 is 5.97 Å². The van der Waals surface area contributed by atoms with Crippen molar-refractivity contribution in [3.63, 3.8) is 0 Å². The molecule has 2 unspecified atom stereocenters. The lowest BCUT2D eigenvalue weighted by molar-refractivity contribution is -0.140. The molecule has 1 aliphatic carbocycles. The number of carbonyl (C=O) groups excluding carboxylic acids is 1. The molecule has 2 atom stereocenters. The van der Waals surface area contributed by atoms with Gasteiger partial charge in [-0.15, -0.1) is 0 Å². The number of hydrogen-bond donors (Lipinski definition) is 2. The summed E-state index contributed by atoms with van der Waals surface area (Å²) in [4.78, 5) is 22.7. The maximum Gasteiger partial charge on any atom is 0.310 e. The third-order valence-corrected chi connectivity index (χ3v) is 3.15. The highest BCUT2D eigenvalue weighted by molar-refractivity contribution is 5.94. The van der Waals surface area contributed by atoms with Crippen LogP contribution in [-0.2, 0) is 4.79 Å². The molecule has 4 nitrogen and oxygen atoms in total. The van der Waals surface area contributed by atoms with Gasteiger partial charge in [0.25, 0.3) is 5.91 Å². The average Bonchev–Trinajstić information content (AvgIpc) is 2.81. The molecule has 2 rings (SSSR count).